The van der Waals surface area contributed by atoms with Gasteiger partial charge in [0, 0.05) is 32.9 Å². The van der Waals surface area contributed by atoms with Gasteiger partial charge in [-0.25, -0.2) is 9.37 Å². The van der Waals surface area contributed by atoms with Gasteiger partial charge in [-0.05, 0) is 26.6 Å². The van der Waals surface area contributed by atoms with E-state index in [2.05, 4.69) is 10.3 Å². The first-order valence-electron chi connectivity index (χ1n) is 6.76. The lowest BCUT2D eigenvalue weighted by atomic mass is 10.2. The predicted octanol–water partition coefficient (Wildman–Crippen LogP) is 1.68. The van der Waals surface area contributed by atoms with Crippen molar-refractivity contribution in [1.82, 2.24) is 14.8 Å². The summed E-state index contributed by atoms with van der Waals surface area (Å²) in [5.74, 6) is -0.771. The third kappa shape index (κ3) is 4.45. The molecule has 1 aromatic rings. The Labute approximate surface area is 119 Å². The molecule has 1 N–H and O–H groups in total. The fourth-order valence-electron chi connectivity index (χ4n) is 1.63. The minimum Gasteiger partial charge on any atom is -0.368 e. The standard InChI is InChI=1S/C14H23FN4O/c1-5-7-16-13-12(15)11(6-8-17-13)14(20)19(4)10-9-18(2)3/h6,8H,5,7,9-10H2,1-4H3,(H,16,17). The number of carbonyl (C=O) groups is 1. The molecule has 0 saturated heterocycles. The van der Waals surface area contributed by atoms with Crippen LogP contribution in [0.4, 0.5) is 10.2 Å². The Morgan fingerprint density at radius 2 is 2.05 bits per heavy atom. The smallest absolute Gasteiger partial charge is 0.256 e. The Bertz CT molecular complexity index is 451. The summed E-state index contributed by atoms with van der Waals surface area (Å²) in [4.78, 5) is 19.6. The number of likely N-dealkylation sites (N-methyl/N-ethyl adjacent to an activating group) is 2. The average Bonchev–Trinajstić information content (AvgIpc) is 2.43. The highest BCUT2D eigenvalue weighted by Gasteiger charge is 2.19. The summed E-state index contributed by atoms with van der Waals surface area (Å²) in [5, 5.41) is 2.88. The van der Waals surface area contributed by atoms with E-state index >= 15 is 0 Å². The monoisotopic (exact) mass is 282 g/mol. The van der Waals surface area contributed by atoms with Crippen molar-refractivity contribution in [3.8, 4) is 0 Å². The molecule has 0 bridgehead atoms. The molecule has 0 radical (unpaired) electrons. The van der Waals surface area contributed by atoms with Gasteiger partial charge in [0.05, 0.1) is 5.56 Å². The maximum absolute atomic E-state index is 14.2. The van der Waals surface area contributed by atoms with E-state index in [1.807, 2.05) is 25.9 Å². The van der Waals surface area contributed by atoms with E-state index in [-0.39, 0.29) is 17.3 Å². The van der Waals surface area contributed by atoms with Gasteiger partial charge in [0.25, 0.3) is 5.91 Å². The molecule has 0 aliphatic heterocycles. The van der Waals surface area contributed by atoms with Crippen LogP contribution in [-0.4, -0.2) is 61.5 Å². The molecule has 0 saturated carbocycles. The van der Waals surface area contributed by atoms with Crippen LogP contribution in [0.1, 0.15) is 23.7 Å². The van der Waals surface area contributed by atoms with E-state index in [0.29, 0.717) is 13.1 Å². The molecule has 1 amide bonds. The molecule has 0 fully saturated rings. The van der Waals surface area contributed by atoms with Crippen molar-refractivity contribution in [2.75, 3.05) is 46.1 Å². The van der Waals surface area contributed by atoms with Gasteiger partial charge in [-0.15, -0.1) is 0 Å². The SMILES string of the molecule is CCCNc1nccc(C(=O)N(C)CCN(C)C)c1F. The fourth-order valence-corrected chi connectivity index (χ4v) is 1.63. The molecular formula is C14H23FN4O. The van der Waals surface area contributed by atoms with E-state index in [1.165, 1.54) is 17.2 Å². The Hall–Kier alpha value is -1.69. The lowest BCUT2D eigenvalue weighted by Gasteiger charge is -2.20. The van der Waals surface area contributed by atoms with E-state index in [0.717, 1.165) is 13.0 Å². The average molecular weight is 282 g/mol. The van der Waals surface area contributed by atoms with Crippen LogP contribution >= 0.6 is 0 Å². The van der Waals surface area contributed by atoms with Crippen LogP contribution in [0.25, 0.3) is 0 Å². The lowest BCUT2D eigenvalue weighted by molar-refractivity contribution is 0.0781. The fraction of sp³-hybridized carbons (Fsp3) is 0.571. The largest absolute Gasteiger partial charge is 0.368 e. The maximum Gasteiger partial charge on any atom is 0.256 e. The molecule has 1 rings (SSSR count). The molecule has 0 aliphatic carbocycles. The van der Waals surface area contributed by atoms with Crippen LogP contribution in [0.3, 0.4) is 0 Å². The Morgan fingerprint density at radius 3 is 2.65 bits per heavy atom. The van der Waals surface area contributed by atoms with E-state index in [4.69, 9.17) is 0 Å². The van der Waals surface area contributed by atoms with Crippen molar-refractivity contribution in [1.29, 1.82) is 0 Å². The van der Waals surface area contributed by atoms with Gasteiger partial charge in [0.15, 0.2) is 11.6 Å². The number of amides is 1. The number of nitrogens with zero attached hydrogens (tertiary/aromatic N) is 3. The minimum atomic E-state index is -0.581. The number of pyridine rings is 1. The van der Waals surface area contributed by atoms with Crippen molar-refractivity contribution >= 4 is 11.7 Å². The molecule has 5 nitrogen and oxygen atoms in total. The summed E-state index contributed by atoms with van der Waals surface area (Å²) < 4.78 is 14.2. The second-order valence-electron chi connectivity index (χ2n) is 4.98. The van der Waals surface area contributed by atoms with Gasteiger partial charge >= 0.3 is 0 Å². The second-order valence-corrected chi connectivity index (χ2v) is 4.98. The number of hydrogen-bond acceptors (Lipinski definition) is 4. The summed E-state index contributed by atoms with van der Waals surface area (Å²) >= 11 is 0. The molecule has 20 heavy (non-hydrogen) atoms. The first-order valence-corrected chi connectivity index (χ1v) is 6.76. The molecule has 0 aliphatic rings. The summed E-state index contributed by atoms with van der Waals surface area (Å²) in [5.41, 5.74) is 0.0554. The molecule has 112 valence electrons. The Morgan fingerprint density at radius 1 is 1.35 bits per heavy atom. The zero-order valence-electron chi connectivity index (χ0n) is 12.6. The highest BCUT2D eigenvalue weighted by molar-refractivity contribution is 5.95. The number of anilines is 1. The highest BCUT2D eigenvalue weighted by Crippen LogP contribution is 2.16. The number of hydrogen-bond donors (Lipinski definition) is 1. The van der Waals surface area contributed by atoms with Gasteiger partial charge < -0.3 is 15.1 Å². The van der Waals surface area contributed by atoms with Crippen LogP contribution in [0.5, 0.6) is 0 Å². The number of halogens is 1. The van der Waals surface area contributed by atoms with Crippen LogP contribution < -0.4 is 5.32 Å². The first-order chi connectivity index (χ1) is 9.47. The highest BCUT2D eigenvalue weighted by atomic mass is 19.1. The number of carbonyl (C=O) groups excluding carboxylic acids is 1. The number of rotatable bonds is 7. The van der Waals surface area contributed by atoms with E-state index < -0.39 is 5.82 Å². The Kier molecular flexibility index (Phi) is 6.38. The minimum absolute atomic E-state index is 0.0554. The normalized spacial score (nSPS) is 10.7. The van der Waals surface area contributed by atoms with Crippen LogP contribution in [0, 0.1) is 5.82 Å². The summed E-state index contributed by atoms with van der Waals surface area (Å²) in [6.07, 6.45) is 2.32. The van der Waals surface area contributed by atoms with Gasteiger partial charge in [0.1, 0.15) is 0 Å². The molecule has 1 heterocycles. The summed E-state index contributed by atoms with van der Waals surface area (Å²) in [7, 11) is 5.53. The third-order valence-electron chi connectivity index (χ3n) is 2.89. The van der Waals surface area contributed by atoms with E-state index in [1.54, 1.807) is 7.05 Å². The molecular weight excluding hydrogens is 259 g/mol. The first kappa shape index (κ1) is 16.4. The topological polar surface area (TPSA) is 48.5 Å². The molecule has 0 aromatic carbocycles. The summed E-state index contributed by atoms with van der Waals surface area (Å²) in [6.45, 7) is 3.88. The number of aromatic nitrogens is 1. The van der Waals surface area contributed by atoms with Crippen molar-refractivity contribution in [3.05, 3.63) is 23.6 Å². The van der Waals surface area contributed by atoms with Crippen LogP contribution in [-0.2, 0) is 0 Å². The van der Waals surface area contributed by atoms with Crippen molar-refractivity contribution in [2.45, 2.75) is 13.3 Å². The van der Waals surface area contributed by atoms with Crippen LogP contribution in [0.2, 0.25) is 0 Å². The third-order valence-corrected chi connectivity index (χ3v) is 2.89. The van der Waals surface area contributed by atoms with Crippen molar-refractivity contribution in [2.24, 2.45) is 0 Å². The van der Waals surface area contributed by atoms with Gasteiger partial charge in [-0.2, -0.15) is 0 Å². The summed E-state index contributed by atoms with van der Waals surface area (Å²) in [6, 6.07) is 1.42. The quantitative estimate of drug-likeness (QED) is 0.826. The zero-order valence-corrected chi connectivity index (χ0v) is 12.6. The Balaban J connectivity index is 2.82. The van der Waals surface area contributed by atoms with Gasteiger partial charge in [-0.3, -0.25) is 4.79 Å². The molecule has 6 heteroatoms. The van der Waals surface area contributed by atoms with Crippen LogP contribution in [0.15, 0.2) is 12.3 Å². The molecule has 0 spiro atoms. The van der Waals surface area contributed by atoms with E-state index in [9.17, 15) is 9.18 Å². The lowest BCUT2D eigenvalue weighted by Crippen LogP contribution is -2.34. The molecule has 1 aromatic heterocycles. The number of nitrogens with one attached hydrogen (secondary N) is 1. The zero-order chi connectivity index (χ0) is 15.1. The van der Waals surface area contributed by atoms with Gasteiger partial charge in [0.2, 0.25) is 0 Å². The van der Waals surface area contributed by atoms with Gasteiger partial charge in [-0.1, -0.05) is 6.92 Å². The molecule has 0 atom stereocenters. The molecule has 0 unspecified atom stereocenters. The van der Waals surface area contributed by atoms with Crippen molar-refractivity contribution < 1.29 is 9.18 Å². The second kappa shape index (κ2) is 7.79. The van der Waals surface area contributed by atoms with Crippen molar-refractivity contribution in [3.63, 3.8) is 0 Å². The maximum atomic E-state index is 14.2. The predicted molar refractivity (Wildman–Crippen MR) is 78.5 cm³/mol.